The van der Waals surface area contributed by atoms with E-state index in [4.69, 9.17) is 10.5 Å². The first kappa shape index (κ1) is 22.7. The summed E-state index contributed by atoms with van der Waals surface area (Å²) in [5.74, 6) is -1.25. The molecule has 0 unspecified atom stereocenters. The molecule has 4 rings (SSSR count). The Kier molecular flexibility index (Phi) is 6.14. The molecule has 0 aromatic heterocycles. The number of rotatable bonds is 7. The van der Waals surface area contributed by atoms with Crippen molar-refractivity contribution in [2.75, 3.05) is 18.6 Å². The molecule has 1 aliphatic heterocycles. The van der Waals surface area contributed by atoms with Crippen molar-refractivity contribution in [3.8, 4) is 5.75 Å². The lowest BCUT2D eigenvalue weighted by Crippen LogP contribution is -2.30. The van der Waals surface area contributed by atoms with Crippen LogP contribution in [0.25, 0.3) is 0 Å². The Balaban J connectivity index is 1.62. The molecule has 0 saturated carbocycles. The number of ether oxygens (including phenoxy) is 1. The SMILES string of the molecule is CCOc1ccc(CN2C(=O)c3ccccc3C2=O)cc1C(=O)N(C)c1ccc(C(N)=O)cc1. The summed E-state index contributed by atoms with van der Waals surface area (Å²) in [4.78, 5) is 52.8. The van der Waals surface area contributed by atoms with Gasteiger partial charge in [0.05, 0.1) is 29.8 Å². The van der Waals surface area contributed by atoms with E-state index in [0.29, 0.717) is 40.3 Å². The number of amides is 4. The van der Waals surface area contributed by atoms with Crippen LogP contribution in [0.4, 0.5) is 5.69 Å². The van der Waals surface area contributed by atoms with E-state index in [9.17, 15) is 19.2 Å². The molecular formula is C26H23N3O5. The van der Waals surface area contributed by atoms with Gasteiger partial charge in [-0.3, -0.25) is 24.1 Å². The van der Waals surface area contributed by atoms with Crippen LogP contribution in [0.5, 0.6) is 5.75 Å². The first-order valence-corrected chi connectivity index (χ1v) is 10.7. The fourth-order valence-electron chi connectivity index (χ4n) is 3.84. The number of hydrogen-bond acceptors (Lipinski definition) is 5. The Morgan fingerprint density at radius 3 is 2.12 bits per heavy atom. The normalized spacial score (nSPS) is 12.5. The van der Waals surface area contributed by atoms with Crippen molar-refractivity contribution in [2.24, 2.45) is 5.73 Å². The van der Waals surface area contributed by atoms with Crippen molar-refractivity contribution >= 4 is 29.3 Å². The highest BCUT2D eigenvalue weighted by Crippen LogP contribution is 2.28. The molecule has 0 bridgehead atoms. The maximum absolute atomic E-state index is 13.4. The van der Waals surface area contributed by atoms with Gasteiger partial charge in [-0.05, 0) is 61.0 Å². The Morgan fingerprint density at radius 2 is 1.56 bits per heavy atom. The Labute approximate surface area is 196 Å². The van der Waals surface area contributed by atoms with Crippen LogP contribution in [-0.4, -0.2) is 42.2 Å². The number of primary amides is 1. The summed E-state index contributed by atoms with van der Waals surface area (Å²) in [5.41, 5.74) is 7.82. The molecule has 0 atom stereocenters. The fraction of sp³-hybridized carbons (Fsp3) is 0.154. The van der Waals surface area contributed by atoms with Gasteiger partial charge in [-0.1, -0.05) is 18.2 Å². The zero-order valence-electron chi connectivity index (χ0n) is 18.8. The second-order valence-corrected chi connectivity index (χ2v) is 7.78. The second-order valence-electron chi connectivity index (χ2n) is 7.78. The summed E-state index contributed by atoms with van der Waals surface area (Å²) in [6.45, 7) is 2.19. The monoisotopic (exact) mass is 457 g/mol. The molecule has 0 spiro atoms. The Hall–Kier alpha value is -4.46. The van der Waals surface area contributed by atoms with E-state index in [1.807, 2.05) is 6.92 Å². The van der Waals surface area contributed by atoms with Crippen LogP contribution in [0.15, 0.2) is 66.7 Å². The van der Waals surface area contributed by atoms with Crippen molar-refractivity contribution in [1.82, 2.24) is 4.90 Å². The van der Waals surface area contributed by atoms with Crippen molar-refractivity contribution in [3.63, 3.8) is 0 Å². The molecule has 172 valence electrons. The summed E-state index contributed by atoms with van der Waals surface area (Å²) in [5, 5.41) is 0. The quantitative estimate of drug-likeness (QED) is 0.548. The zero-order valence-corrected chi connectivity index (χ0v) is 18.8. The van der Waals surface area contributed by atoms with Crippen LogP contribution in [-0.2, 0) is 6.54 Å². The third kappa shape index (κ3) is 4.13. The summed E-state index contributed by atoms with van der Waals surface area (Å²) >= 11 is 0. The average Bonchev–Trinajstić information content (AvgIpc) is 3.09. The number of imide groups is 1. The van der Waals surface area contributed by atoms with Gasteiger partial charge in [-0.15, -0.1) is 0 Å². The van der Waals surface area contributed by atoms with Crippen LogP contribution in [0.3, 0.4) is 0 Å². The van der Waals surface area contributed by atoms with Gasteiger partial charge >= 0.3 is 0 Å². The average molecular weight is 457 g/mol. The van der Waals surface area contributed by atoms with Crippen LogP contribution < -0.4 is 15.4 Å². The van der Waals surface area contributed by atoms with Gasteiger partial charge in [0.1, 0.15) is 5.75 Å². The molecule has 8 heteroatoms. The predicted octanol–water partition coefficient (Wildman–Crippen LogP) is 3.26. The van der Waals surface area contributed by atoms with Gasteiger partial charge in [0.15, 0.2) is 0 Å². The van der Waals surface area contributed by atoms with Crippen molar-refractivity contribution in [2.45, 2.75) is 13.5 Å². The zero-order chi connectivity index (χ0) is 24.4. The molecule has 0 fully saturated rings. The molecule has 34 heavy (non-hydrogen) atoms. The van der Waals surface area contributed by atoms with Gasteiger partial charge < -0.3 is 15.4 Å². The minimum atomic E-state index is -0.556. The maximum atomic E-state index is 13.4. The highest BCUT2D eigenvalue weighted by molar-refractivity contribution is 6.21. The summed E-state index contributed by atoms with van der Waals surface area (Å²) in [6, 6.07) is 18.0. The predicted molar refractivity (Wildman–Crippen MR) is 126 cm³/mol. The van der Waals surface area contributed by atoms with Crippen molar-refractivity contribution in [3.05, 3.63) is 94.5 Å². The third-order valence-corrected chi connectivity index (χ3v) is 5.64. The highest BCUT2D eigenvalue weighted by Gasteiger charge is 2.35. The molecule has 0 radical (unpaired) electrons. The van der Waals surface area contributed by atoms with E-state index < -0.39 is 5.91 Å². The van der Waals surface area contributed by atoms with E-state index >= 15 is 0 Å². The molecule has 1 heterocycles. The van der Waals surface area contributed by atoms with Gasteiger partial charge in [-0.25, -0.2) is 0 Å². The largest absolute Gasteiger partial charge is 0.493 e. The van der Waals surface area contributed by atoms with E-state index in [1.165, 1.54) is 9.80 Å². The Bertz CT molecular complexity index is 1270. The summed E-state index contributed by atoms with van der Waals surface area (Å²) in [7, 11) is 1.61. The molecule has 3 aromatic carbocycles. The first-order chi connectivity index (χ1) is 16.3. The lowest BCUT2D eigenvalue weighted by molar-refractivity contribution is 0.0642. The maximum Gasteiger partial charge on any atom is 0.261 e. The lowest BCUT2D eigenvalue weighted by atomic mass is 10.1. The number of nitrogens with two attached hydrogens (primary N) is 1. The van der Waals surface area contributed by atoms with E-state index in [0.717, 1.165) is 0 Å². The van der Waals surface area contributed by atoms with E-state index in [1.54, 1.807) is 73.8 Å². The molecule has 1 aliphatic rings. The van der Waals surface area contributed by atoms with Gasteiger partial charge in [0.25, 0.3) is 17.7 Å². The van der Waals surface area contributed by atoms with Crippen molar-refractivity contribution < 1.29 is 23.9 Å². The van der Waals surface area contributed by atoms with Crippen LogP contribution >= 0.6 is 0 Å². The highest BCUT2D eigenvalue weighted by atomic mass is 16.5. The number of carbonyl (C=O) groups is 4. The number of hydrogen-bond donors (Lipinski definition) is 1. The number of anilines is 1. The summed E-state index contributed by atoms with van der Waals surface area (Å²) < 4.78 is 5.66. The Morgan fingerprint density at radius 1 is 0.941 bits per heavy atom. The van der Waals surface area contributed by atoms with Gasteiger partial charge in [0.2, 0.25) is 5.91 Å². The van der Waals surface area contributed by atoms with Crippen LogP contribution in [0.1, 0.15) is 53.9 Å². The first-order valence-electron chi connectivity index (χ1n) is 10.7. The van der Waals surface area contributed by atoms with E-state index in [-0.39, 0.29) is 29.8 Å². The molecule has 0 aliphatic carbocycles. The third-order valence-electron chi connectivity index (χ3n) is 5.64. The van der Waals surface area contributed by atoms with E-state index in [2.05, 4.69) is 0 Å². The summed E-state index contributed by atoms with van der Waals surface area (Å²) in [6.07, 6.45) is 0. The smallest absolute Gasteiger partial charge is 0.261 e. The van der Waals surface area contributed by atoms with Gasteiger partial charge in [-0.2, -0.15) is 0 Å². The molecule has 3 aromatic rings. The topological polar surface area (TPSA) is 110 Å². The minimum Gasteiger partial charge on any atom is -0.493 e. The molecular weight excluding hydrogens is 434 g/mol. The molecule has 4 amide bonds. The van der Waals surface area contributed by atoms with Crippen LogP contribution in [0.2, 0.25) is 0 Å². The standard InChI is InChI=1S/C26H23N3O5/c1-3-34-22-13-8-16(15-29-25(32)19-6-4-5-7-20(19)26(29)33)14-21(22)24(31)28(2)18-11-9-17(10-12-18)23(27)30/h4-14H,3,15H2,1-2H3,(H2,27,30). The van der Waals surface area contributed by atoms with Crippen molar-refractivity contribution in [1.29, 1.82) is 0 Å². The fourth-order valence-corrected chi connectivity index (χ4v) is 3.84. The molecule has 2 N–H and O–H groups in total. The number of fused-ring (bicyclic) bond motifs is 1. The number of nitrogens with zero attached hydrogens (tertiary/aromatic N) is 2. The molecule has 8 nitrogen and oxygen atoms in total. The number of benzene rings is 3. The molecule has 0 saturated heterocycles. The minimum absolute atomic E-state index is 0.0239. The van der Waals surface area contributed by atoms with Crippen LogP contribution in [0, 0.1) is 0 Å². The van der Waals surface area contributed by atoms with Gasteiger partial charge in [0, 0.05) is 18.3 Å². The second kappa shape index (κ2) is 9.19. The lowest BCUT2D eigenvalue weighted by Gasteiger charge is -2.21. The number of carbonyl (C=O) groups excluding carboxylic acids is 4.